The molecule has 1 saturated heterocycles. The summed E-state index contributed by atoms with van der Waals surface area (Å²) >= 11 is 5.75. The van der Waals surface area contributed by atoms with Crippen LogP contribution < -0.4 is 4.90 Å². The van der Waals surface area contributed by atoms with Gasteiger partial charge in [-0.15, -0.1) is 0 Å². The van der Waals surface area contributed by atoms with Crippen molar-refractivity contribution in [3.05, 3.63) is 21.6 Å². The van der Waals surface area contributed by atoms with Gasteiger partial charge in [0.1, 0.15) is 6.20 Å². The molecule has 2 rings (SSSR count). The lowest BCUT2D eigenvalue weighted by Gasteiger charge is -2.32. The number of hydrogen-bond donors (Lipinski definition) is 0. The molecule has 19 heavy (non-hydrogen) atoms. The summed E-state index contributed by atoms with van der Waals surface area (Å²) in [5.41, 5.74) is -0.0710. The average Bonchev–Trinajstić information content (AvgIpc) is 2.39. The fourth-order valence-electron chi connectivity index (χ4n) is 2.55. The number of aromatic nitrogens is 2. The molecule has 0 aromatic carbocycles. The van der Waals surface area contributed by atoms with Crippen LogP contribution in [0.15, 0.2) is 6.20 Å². The highest BCUT2D eigenvalue weighted by Crippen LogP contribution is 2.30. The minimum absolute atomic E-state index is 0.0521. The maximum Gasteiger partial charge on any atom is 0.329 e. The molecule has 104 valence electrons. The predicted octanol–water partition coefficient (Wildman–Crippen LogP) is 3.05. The van der Waals surface area contributed by atoms with Crippen LogP contribution in [0.25, 0.3) is 0 Å². The standard InChI is InChI=1S/C12H17ClN4O2/c1-2-3-9-4-6-16(7-5-9)11-10(17(18)19)8-14-12(13)15-11/h8-9H,2-7H2,1H3. The first-order valence-electron chi connectivity index (χ1n) is 6.53. The molecule has 0 bridgehead atoms. The molecule has 0 spiro atoms. The van der Waals surface area contributed by atoms with Gasteiger partial charge < -0.3 is 4.90 Å². The SMILES string of the molecule is CCCC1CCN(c2nc(Cl)ncc2[N+](=O)[O-])CC1. The van der Waals surface area contributed by atoms with E-state index in [2.05, 4.69) is 16.9 Å². The van der Waals surface area contributed by atoms with Gasteiger partial charge in [-0.1, -0.05) is 19.8 Å². The van der Waals surface area contributed by atoms with Crippen molar-refractivity contribution in [3.63, 3.8) is 0 Å². The number of nitro groups is 1. The predicted molar refractivity (Wildman–Crippen MR) is 73.5 cm³/mol. The van der Waals surface area contributed by atoms with Crippen molar-refractivity contribution < 1.29 is 4.92 Å². The lowest BCUT2D eigenvalue weighted by molar-refractivity contribution is -0.384. The maximum absolute atomic E-state index is 11.0. The first-order valence-corrected chi connectivity index (χ1v) is 6.91. The molecule has 1 aliphatic heterocycles. The Labute approximate surface area is 117 Å². The van der Waals surface area contributed by atoms with E-state index in [0.717, 1.165) is 31.8 Å². The quantitative estimate of drug-likeness (QED) is 0.483. The highest BCUT2D eigenvalue weighted by Gasteiger charge is 2.26. The van der Waals surface area contributed by atoms with Gasteiger partial charge in [0.15, 0.2) is 0 Å². The molecule has 1 aromatic heterocycles. The van der Waals surface area contributed by atoms with Crippen LogP contribution in [-0.4, -0.2) is 28.0 Å². The molecule has 7 heteroatoms. The monoisotopic (exact) mass is 284 g/mol. The van der Waals surface area contributed by atoms with Gasteiger partial charge in [0.25, 0.3) is 0 Å². The Kier molecular flexibility index (Phi) is 4.52. The van der Waals surface area contributed by atoms with Gasteiger partial charge in [-0.3, -0.25) is 10.1 Å². The number of anilines is 1. The fourth-order valence-corrected chi connectivity index (χ4v) is 2.68. The summed E-state index contributed by atoms with van der Waals surface area (Å²) in [5.74, 6) is 1.07. The first-order chi connectivity index (χ1) is 9.11. The third-order valence-corrected chi connectivity index (χ3v) is 3.71. The Balaban J connectivity index is 2.14. The first kappa shape index (κ1) is 14.0. The van der Waals surface area contributed by atoms with Gasteiger partial charge in [-0.25, -0.2) is 4.98 Å². The van der Waals surface area contributed by atoms with Crippen molar-refractivity contribution in [3.8, 4) is 0 Å². The average molecular weight is 285 g/mol. The summed E-state index contributed by atoms with van der Waals surface area (Å²) in [6.45, 7) is 3.76. The molecule has 0 radical (unpaired) electrons. The van der Waals surface area contributed by atoms with E-state index < -0.39 is 4.92 Å². The van der Waals surface area contributed by atoms with E-state index in [0.29, 0.717) is 5.82 Å². The second kappa shape index (κ2) is 6.14. The van der Waals surface area contributed by atoms with Crippen LogP contribution in [0.4, 0.5) is 11.5 Å². The summed E-state index contributed by atoms with van der Waals surface area (Å²) in [5, 5.41) is 11.1. The Morgan fingerprint density at radius 3 is 2.79 bits per heavy atom. The molecule has 0 atom stereocenters. The lowest BCUT2D eigenvalue weighted by Crippen LogP contribution is -2.34. The van der Waals surface area contributed by atoms with Gasteiger partial charge in [-0.05, 0) is 30.4 Å². The second-order valence-electron chi connectivity index (χ2n) is 4.82. The van der Waals surface area contributed by atoms with E-state index >= 15 is 0 Å². The fraction of sp³-hybridized carbons (Fsp3) is 0.667. The van der Waals surface area contributed by atoms with E-state index in [1.165, 1.54) is 19.0 Å². The highest BCUT2D eigenvalue weighted by molar-refractivity contribution is 6.28. The van der Waals surface area contributed by atoms with E-state index in [9.17, 15) is 10.1 Å². The van der Waals surface area contributed by atoms with E-state index in [1.807, 2.05) is 4.90 Å². The summed E-state index contributed by atoms with van der Waals surface area (Å²) < 4.78 is 0. The van der Waals surface area contributed by atoms with Crippen LogP contribution in [0.2, 0.25) is 5.28 Å². The maximum atomic E-state index is 11.0. The molecule has 6 nitrogen and oxygen atoms in total. The highest BCUT2D eigenvalue weighted by atomic mass is 35.5. The van der Waals surface area contributed by atoms with Crippen LogP contribution in [-0.2, 0) is 0 Å². The van der Waals surface area contributed by atoms with E-state index in [-0.39, 0.29) is 11.0 Å². The molecule has 0 saturated carbocycles. The van der Waals surface area contributed by atoms with Crippen molar-refractivity contribution in [2.24, 2.45) is 5.92 Å². The molecule has 1 aliphatic rings. The van der Waals surface area contributed by atoms with Gasteiger partial charge in [-0.2, -0.15) is 4.98 Å². The summed E-state index contributed by atoms with van der Waals surface area (Å²) in [6.07, 6.45) is 5.69. The van der Waals surface area contributed by atoms with Crippen LogP contribution in [0, 0.1) is 16.0 Å². The molecule has 0 unspecified atom stereocenters. The second-order valence-corrected chi connectivity index (χ2v) is 5.16. The van der Waals surface area contributed by atoms with Gasteiger partial charge in [0.2, 0.25) is 11.1 Å². The van der Waals surface area contributed by atoms with Crippen LogP contribution >= 0.6 is 11.6 Å². The number of hydrogen-bond acceptors (Lipinski definition) is 5. The minimum atomic E-state index is -0.455. The van der Waals surface area contributed by atoms with Crippen molar-refractivity contribution in [2.45, 2.75) is 32.6 Å². The Morgan fingerprint density at radius 2 is 2.21 bits per heavy atom. The molecular formula is C12H17ClN4O2. The zero-order valence-corrected chi connectivity index (χ0v) is 11.6. The van der Waals surface area contributed by atoms with Crippen molar-refractivity contribution in [1.29, 1.82) is 0 Å². The molecule has 2 heterocycles. The van der Waals surface area contributed by atoms with E-state index in [1.54, 1.807) is 0 Å². The largest absolute Gasteiger partial charge is 0.351 e. The van der Waals surface area contributed by atoms with Gasteiger partial charge in [0.05, 0.1) is 4.92 Å². The molecule has 1 aromatic rings. The number of rotatable bonds is 4. The minimum Gasteiger partial charge on any atom is -0.351 e. The third kappa shape index (κ3) is 3.32. The molecule has 0 aliphatic carbocycles. The summed E-state index contributed by atoms with van der Waals surface area (Å²) in [4.78, 5) is 20.2. The third-order valence-electron chi connectivity index (χ3n) is 3.53. The van der Waals surface area contributed by atoms with E-state index in [4.69, 9.17) is 11.6 Å². The normalized spacial score (nSPS) is 16.6. The Morgan fingerprint density at radius 1 is 1.53 bits per heavy atom. The van der Waals surface area contributed by atoms with Crippen molar-refractivity contribution in [1.82, 2.24) is 9.97 Å². The molecular weight excluding hydrogens is 268 g/mol. The topological polar surface area (TPSA) is 72.2 Å². The number of nitrogens with zero attached hydrogens (tertiary/aromatic N) is 4. The Bertz CT molecular complexity index is 461. The Hall–Kier alpha value is -1.43. The zero-order chi connectivity index (χ0) is 13.8. The smallest absolute Gasteiger partial charge is 0.329 e. The van der Waals surface area contributed by atoms with Gasteiger partial charge in [0, 0.05) is 13.1 Å². The van der Waals surface area contributed by atoms with Gasteiger partial charge >= 0.3 is 5.69 Å². The van der Waals surface area contributed by atoms with Crippen molar-refractivity contribution in [2.75, 3.05) is 18.0 Å². The molecule has 1 fully saturated rings. The van der Waals surface area contributed by atoms with Crippen molar-refractivity contribution >= 4 is 23.1 Å². The molecule has 0 N–H and O–H groups in total. The lowest BCUT2D eigenvalue weighted by atomic mass is 9.92. The summed E-state index contributed by atoms with van der Waals surface area (Å²) in [7, 11) is 0. The van der Waals surface area contributed by atoms with Crippen LogP contribution in [0.3, 0.4) is 0 Å². The number of halogens is 1. The van der Waals surface area contributed by atoms with Crippen LogP contribution in [0.5, 0.6) is 0 Å². The summed E-state index contributed by atoms with van der Waals surface area (Å²) in [6, 6.07) is 0. The van der Waals surface area contributed by atoms with Crippen LogP contribution in [0.1, 0.15) is 32.6 Å². The zero-order valence-electron chi connectivity index (χ0n) is 10.9. The molecule has 0 amide bonds. The number of piperidine rings is 1.